The van der Waals surface area contributed by atoms with Crippen LogP contribution in [0.15, 0.2) is 72.8 Å². The lowest BCUT2D eigenvalue weighted by Gasteiger charge is -2.15. The largest absolute Gasteiger partial charge is 0.507 e. The number of ketones is 3. The van der Waals surface area contributed by atoms with Crippen LogP contribution in [-0.2, 0) is 16.0 Å². The van der Waals surface area contributed by atoms with Crippen molar-refractivity contribution in [3.63, 3.8) is 0 Å². The topological polar surface area (TPSA) is 203 Å². The Kier molecular flexibility index (Phi) is 11.5. The molecule has 53 heavy (non-hydrogen) atoms. The SMILES string of the molecule is CC(=O)c1ccc(NC(=O)c2ccc(NC(=O)c3ccc(NC(=O)C(CC#N)CC(=O)c4ccc(CC(=O)C5CC5)cc4)cc3)c(C)c2O)c(C)c1O. The summed E-state index contributed by atoms with van der Waals surface area (Å²) < 4.78 is 0. The van der Waals surface area contributed by atoms with Gasteiger partial charge < -0.3 is 26.2 Å². The molecular weight excluding hydrogens is 676 g/mol. The molecule has 0 radical (unpaired) electrons. The summed E-state index contributed by atoms with van der Waals surface area (Å²) in [5, 5.41) is 38.5. The predicted molar refractivity (Wildman–Crippen MR) is 197 cm³/mol. The minimum Gasteiger partial charge on any atom is -0.507 e. The minimum atomic E-state index is -0.921. The molecule has 1 atom stereocenters. The second kappa shape index (κ2) is 16.2. The molecule has 0 aromatic heterocycles. The zero-order valence-corrected chi connectivity index (χ0v) is 29.4. The van der Waals surface area contributed by atoms with Crippen molar-refractivity contribution in [1.29, 1.82) is 5.26 Å². The molecule has 1 aliphatic rings. The summed E-state index contributed by atoms with van der Waals surface area (Å²) in [6.07, 6.45) is 1.81. The van der Waals surface area contributed by atoms with Gasteiger partial charge in [0.15, 0.2) is 11.6 Å². The summed E-state index contributed by atoms with van der Waals surface area (Å²) in [5.74, 6) is -3.57. The van der Waals surface area contributed by atoms with E-state index in [-0.39, 0.29) is 86.8 Å². The molecule has 0 bridgehead atoms. The Labute approximate surface area is 305 Å². The number of nitrogens with one attached hydrogen (secondary N) is 3. The molecule has 5 N–H and O–H groups in total. The monoisotopic (exact) mass is 714 g/mol. The number of carbonyl (C=O) groups excluding carboxylic acids is 6. The number of nitriles is 1. The Morgan fingerprint density at radius 1 is 0.736 bits per heavy atom. The number of amides is 3. The van der Waals surface area contributed by atoms with Gasteiger partial charge in [-0.25, -0.2) is 0 Å². The van der Waals surface area contributed by atoms with Gasteiger partial charge in [-0.05, 0) is 87.7 Å². The van der Waals surface area contributed by atoms with E-state index in [2.05, 4.69) is 16.0 Å². The van der Waals surface area contributed by atoms with Crippen molar-refractivity contribution in [2.75, 3.05) is 16.0 Å². The van der Waals surface area contributed by atoms with Gasteiger partial charge in [-0.2, -0.15) is 5.26 Å². The van der Waals surface area contributed by atoms with Crippen molar-refractivity contribution in [1.82, 2.24) is 0 Å². The summed E-state index contributed by atoms with van der Waals surface area (Å²) in [7, 11) is 0. The Morgan fingerprint density at radius 3 is 1.85 bits per heavy atom. The molecule has 0 aliphatic heterocycles. The third-order valence-electron chi connectivity index (χ3n) is 9.22. The van der Waals surface area contributed by atoms with E-state index in [1.807, 2.05) is 6.07 Å². The second-order valence-electron chi connectivity index (χ2n) is 13.1. The summed E-state index contributed by atoms with van der Waals surface area (Å²) in [6.45, 7) is 4.38. The summed E-state index contributed by atoms with van der Waals surface area (Å²) >= 11 is 0. The van der Waals surface area contributed by atoms with Gasteiger partial charge in [-0.3, -0.25) is 28.8 Å². The first-order chi connectivity index (χ1) is 25.3. The van der Waals surface area contributed by atoms with Crippen molar-refractivity contribution >= 4 is 52.1 Å². The van der Waals surface area contributed by atoms with Crippen LogP contribution in [0.2, 0.25) is 0 Å². The highest BCUT2D eigenvalue weighted by atomic mass is 16.3. The van der Waals surface area contributed by atoms with Crippen molar-refractivity contribution in [3.8, 4) is 17.6 Å². The maximum atomic E-state index is 13.1. The van der Waals surface area contributed by atoms with Crippen LogP contribution in [-0.4, -0.2) is 45.3 Å². The van der Waals surface area contributed by atoms with Crippen LogP contribution in [0.3, 0.4) is 0 Å². The van der Waals surface area contributed by atoms with Crippen molar-refractivity contribution in [2.45, 2.75) is 52.9 Å². The Bertz CT molecular complexity index is 2160. The lowest BCUT2D eigenvalue weighted by atomic mass is 9.94. The minimum absolute atomic E-state index is 0.0822. The van der Waals surface area contributed by atoms with E-state index in [4.69, 9.17) is 0 Å². The van der Waals surface area contributed by atoms with Crippen LogP contribution >= 0.6 is 0 Å². The molecule has 0 spiro atoms. The fourth-order valence-corrected chi connectivity index (χ4v) is 5.74. The number of hydrogen-bond acceptors (Lipinski definition) is 9. The lowest BCUT2D eigenvalue weighted by Crippen LogP contribution is -2.25. The number of Topliss-reactive ketones (excluding diaryl/α,β-unsaturated/α-hetero) is 3. The normalized spacial score (nSPS) is 12.6. The van der Waals surface area contributed by atoms with Crippen molar-refractivity contribution in [2.24, 2.45) is 11.8 Å². The average Bonchev–Trinajstić information content (AvgIpc) is 3.99. The Hall–Kier alpha value is -6.61. The highest BCUT2D eigenvalue weighted by Crippen LogP contribution is 2.33. The van der Waals surface area contributed by atoms with E-state index in [0.717, 1.165) is 18.4 Å². The first-order valence-electron chi connectivity index (χ1n) is 17.0. The molecule has 270 valence electrons. The Morgan fingerprint density at radius 2 is 1.28 bits per heavy atom. The number of rotatable bonds is 14. The van der Waals surface area contributed by atoms with Crippen molar-refractivity contribution in [3.05, 3.63) is 112 Å². The quantitative estimate of drug-likeness (QED) is 0.0883. The third kappa shape index (κ3) is 9.01. The molecule has 12 heteroatoms. The first-order valence-corrected chi connectivity index (χ1v) is 17.0. The van der Waals surface area contributed by atoms with Gasteiger partial charge in [0.2, 0.25) is 5.91 Å². The van der Waals surface area contributed by atoms with Gasteiger partial charge in [0.25, 0.3) is 11.8 Å². The predicted octanol–water partition coefficient (Wildman–Crippen LogP) is 6.68. The summed E-state index contributed by atoms with van der Waals surface area (Å²) in [6, 6.07) is 20.3. The molecule has 1 unspecified atom stereocenters. The smallest absolute Gasteiger partial charge is 0.259 e. The van der Waals surface area contributed by atoms with E-state index >= 15 is 0 Å². The van der Waals surface area contributed by atoms with E-state index in [9.17, 15) is 44.2 Å². The van der Waals surface area contributed by atoms with E-state index in [1.54, 1.807) is 31.2 Å². The molecule has 0 saturated heterocycles. The van der Waals surface area contributed by atoms with Crippen LogP contribution in [0.5, 0.6) is 11.5 Å². The number of hydrogen-bond donors (Lipinski definition) is 5. The van der Waals surface area contributed by atoms with E-state index < -0.39 is 23.6 Å². The summed E-state index contributed by atoms with van der Waals surface area (Å²) in [4.78, 5) is 75.9. The number of nitrogens with zero attached hydrogens (tertiary/aromatic N) is 1. The molecule has 0 heterocycles. The van der Waals surface area contributed by atoms with Crippen molar-refractivity contribution < 1.29 is 39.0 Å². The number of phenols is 2. The molecular formula is C41H38N4O8. The number of anilines is 3. The molecule has 4 aromatic rings. The average molecular weight is 715 g/mol. The fourth-order valence-electron chi connectivity index (χ4n) is 5.74. The standard InChI is InChI=1S/C41H38N4O8/c1-22-34(16-14-31(24(3)46)37(22)49)45-41(53)32-15-17-33(23(2)38(32)50)44-39(51)28-10-12-30(13-11-28)43-40(52)29(18-19-42)21-36(48)26-6-4-25(5-7-26)20-35(47)27-8-9-27/h4-7,10-17,27,29,49-50H,8-9,18,20-21H2,1-3H3,(H,43,52)(H,44,51)(H,45,53). The third-order valence-corrected chi connectivity index (χ3v) is 9.22. The van der Waals surface area contributed by atoms with Gasteiger partial charge in [-0.15, -0.1) is 0 Å². The van der Waals surface area contributed by atoms with Gasteiger partial charge in [0.05, 0.1) is 23.1 Å². The summed E-state index contributed by atoms with van der Waals surface area (Å²) in [5.41, 5.74) is 2.80. The molecule has 1 fully saturated rings. The zero-order valence-electron chi connectivity index (χ0n) is 29.4. The van der Waals surface area contributed by atoms with Gasteiger partial charge in [-0.1, -0.05) is 24.3 Å². The molecule has 4 aromatic carbocycles. The highest BCUT2D eigenvalue weighted by Gasteiger charge is 2.29. The first kappa shape index (κ1) is 37.6. The molecule has 1 aliphatic carbocycles. The van der Waals surface area contributed by atoms with Gasteiger partial charge in [0.1, 0.15) is 17.3 Å². The molecule has 12 nitrogen and oxygen atoms in total. The van der Waals surface area contributed by atoms with Crippen LogP contribution in [0.25, 0.3) is 0 Å². The molecule has 5 rings (SSSR count). The molecule has 1 saturated carbocycles. The number of carbonyl (C=O) groups is 6. The van der Waals surface area contributed by atoms with E-state index in [1.165, 1.54) is 62.4 Å². The maximum Gasteiger partial charge on any atom is 0.259 e. The fraction of sp³-hybridized carbons (Fsp3) is 0.244. The van der Waals surface area contributed by atoms with Crippen LogP contribution in [0.4, 0.5) is 17.1 Å². The molecule has 3 amide bonds. The number of benzene rings is 4. The maximum absolute atomic E-state index is 13.1. The lowest BCUT2D eigenvalue weighted by molar-refractivity contribution is -0.120. The van der Waals surface area contributed by atoms with Crippen LogP contribution in [0, 0.1) is 37.0 Å². The van der Waals surface area contributed by atoms with Gasteiger partial charge >= 0.3 is 0 Å². The van der Waals surface area contributed by atoms with E-state index in [0.29, 0.717) is 17.7 Å². The van der Waals surface area contributed by atoms with Crippen LogP contribution < -0.4 is 16.0 Å². The number of phenolic OH excluding ortho intramolecular Hbond substituents is 2. The zero-order chi connectivity index (χ0) is 38.4. The Balaban J connectivity index is 1.18. The second-order valence-corrected chi connectivity index (χ2v) is 13.1. The van der Waals surface area contributed by atoms with Crippen LogP contribution in [0.1, 0.15) is 90.7 Å². The number of aromatic hydroxyl groups is 2. The highest BCUT2D eigenvalue weighted by molar-refractivity contribution is 6.09. The van der Waals surface area contributed by atoms with Gasteiger partial charge in [0, 0.05) is 64.5 Å².